The lowest BCUT2D eigenvalue weighted by atomic mass is 9.97. The lowest BCUT2D eigenvalue weighted by molar-refractivity contribution is 0.500. The monoisotopic (exact) mass is 303 g/mol. The van der Waals surface area contributed by atoms with Crippen LogP contribution >= 0.6 is 0 Å². The number of aromatic nitrogens is 2. The molecule has 5 heteroatoms. The first-order valence-electron chi connectivity index (χ1n) is 7.60. The van der Waals surface area contributed by atoms with Crippen LogP contribution in [-0.2, 0) is 6.42 Å². The van der Waals surface area contributed by atoms with E-state index in [1.807, 2.05) is 13.0 Å². The van der Waals surface area contributed by atoms with E-state index in [1.165, 1.54) is 12.1 Å². The minimum Gasteiger partial charge on any atom is -0.367 e. The van der Waals surface area contributed by atoms with E-state index in [2.05, 4.69) is 15.3 Å². The van der Waals surface area contributed by atoms with Crippen LogP contribution in [0.1, 0.15) is 30.7 Å². The van der Waals surface area contributed by atoms with Crippen LogP contribution in [0.3, 0.4) is 0 Å². The number of nitrogens with one attached hydrogen (secondary N) is 1. The lowest BCUT2D eigenvalue weighted by Gasteiger charge is -2.14. The molecule has 1 fully saturated rings. The molecule has 2 aromatic rings. The molecule has 116 valence electrons. The van der Waals surface area contributed by atoms with E-state index < -0.39 is 11.6 Å². The summed E-state index contributed by atoms with van der Waals surface area (Å²) in [6, 6.07) is 6.44. The first-order valence-corrected chi connectivity index (χ1v) is 7.60. The number of anilines is 1. The molecule has 1 N–H and O–H groups in total. The Bertz CT molecular complexity index is 660. The average molecular weight is 303 g/mol. The molecule has 1 aromatic heterocycles. The number of nitrogens with zero attached hydrogens (tertiary/aromatic N) is 2. The highest BCUT2D eigenvalue weighted by Gasteiger charge is 2.25. The quantitative estimate of drug-likeness (QED) is 0.931. The van der Waals surface area contributed by atoms with Crippen LogP contribution in [0.2, 0.25) is 0 Å². The minimum atomic E-state index is -0.783. The van der Waals surface area contributed by atoms with Crippen molar-refractivity contribution < 1.29 is 8.78 Å². The Morgan fingerprint density at radius 1 is 1.18 bits per heavy atom. The smallest absolute Gasteiger partial charge is 0.159 e. The summed E-state index contributed by atoms with van der Waals surface area (Å²) in [6.45, 7) is 1.87. The fourth-order valence-electron chi connectivity index (χ4n) is 3.14. The highest BCUT2D eigenvalue weighted by molar-refractivity contribution is 5.34. The summed E-state index contributed by atoms with van der Waals surface area (Å²) in [5.74, 6) is 0.549. The molecule has 0 aliphatic heterocycles. The molecule has 2 unspecified atom stereocenters. The average Bonchev–Trinajstić information content (AvgIpc) is 2.90. The lowest BCUT2D eigenvalue weighted by Crippen LogP contribution is -2.17. The van der Waals surface area contributed by atoms with Crippen molar-refractivity contribution >= 4 is 5.82 Å². The molecule has 0 saturated heterocycles. The third-order valence-electron chi connectivity index (χ3n) is 4.18. The molecular formula is C17H19F2N3. The van der Waals surface area contributed by atoms with Crippen molar-refractivity contribution in [3.05, 3.63) is 53.5 Å². The largest absolute Gasteiger partial charge is 0.367 e. The summed E-state index contributed by atoms with van der Waals surface area (Å²) in [6.07, 6.45) is 5.71. The van der Waals surface area contributed by atoms with Gasteiger partial charge in [0.1, 0.15) is 11.6 Å². The van der Waals surface area contributed by atoms with Gasteiger partial charge in [-0.15, -0.1) is 0 Å². The third-order valence-corrected chi connectivity index (χ3v) is 4.18. The van der Waals surface area contributed by atoms with Crippen LogP contribution < -0.4 is 5.32 Å². The van der Waals surface area contributed by atoms with E-state index in [4.69, 9.17) is 0 Å². The number of rotatable bonds is 4. The van der Waals surface area contributed by atoms with Gasteiger partial charge in [0.05, 0.1) is 0 Å². The fraction of sp³-hybridized carbons (Fsp3) is 0.412. The van der Waals surface area contributed by atoms with E-state index >= 15 is 0 Å². The Morgan fingerprint density at radius 2 is 2.05 bits per heavy atom. The summed E-state index contributed by atoms with van der Waals surface area (Å²) in [5.41, 5.74) is 0.863. The maximum Gasteiger partial charge on any atom is 0.159 e. The van der Waals surface area contributed by atoms with Crippen molar-refractivity contribution in [2.75, 3.05) is 5.32 Å². The zero-order valence-electron chi connectivity index (χ0n) is 12.5. The third kappa shape index (κ3) is 3.59. The standard InChI is InChI=1S/C17H19F2N3/c1-11-20-7-6-17(21-11)22-14-4-2-12(9-14)8-13-3-5-15(18)16(19)10-13/h3,5-7,10,12,14H,2,4,8-9H2,1H3,(H,20,21,22). The van der Waals surface area contributed by atoms with Crippen molar-refractivity contribution in [3.63, 3.8) is 0 Å². The molecule has 0 radical (unpaired) electrons. The van der Waals surface area contributed by atoms with Crippen LogP contribution in [0.25, 0.3) is 0 Å². The first-order chi connectivity index (χ1) is 10.6. The van der Waals surface area contributed by atoms with E-state index in [-0.39, 0.29) is 0 Å². The second-order valence-corrected chi connectivity index (χ2v) is 5.96. The molecule has 1 aliphatic rings. The molecule has 0 amide bonds. The van der Waals surface area contributed by atoms with Gasteiger partial charge in [-0.05, 0) is 62.3 Å². The van der Waals surface area contributed by atoms with Gasteiger partial charge < -0.3 is 5.32 Å². The first kappa shape index (κ1) is 14.9. The molecule has 3 nitrogen and oxygen atoms in total. The van der Waals surface area contributed by atoms with Crippen molar-refractivity contribution in [2.24, 2.45) is 5.92 Å². The Balaban J connectivity index is 1.57. The molecule has 0 spiro atoms. The van der Waals surface area contributed by atoms with E-state index in [0.717, 1.165) is 42.9 Å². The summed E-state index contributed by atoms with van der Waals surface area (Å²) >= 11 is 0. The van der Waals surface area contributed by atoms with Gasteiger partial charge in [0.25, 0.3) is 0 Å². The van der Waals surface area contributed by atoms with Crippen LogP contribution in [-0.4, -0.2) is 16.0 Å². The normalized spacial score (nSPS) is 21.0. The molecule has 2 atom stereocenters. The maximum atomic E-state index is 13.3. The Hall–Kier alpha value is -2.04. The van der Waals surface area contributed by atoms with Gasteiger partial charge in [-0.2, -0.15) is 0 Å². The van der Waals surface area contributed by atoms with Crippen molar-refractivity contribution in [1.82, 2.24) is 9.97 Å². The van der Waals surface area contributed by atoms with Crippen molar-refractivity contribution in [2.45, 2.75) is 38.6 Å². The summed E-state index contributed by atoms with van der Waals surface area (Å²) < 4.78 is 26.2. The number of hydrogen-bond acceptors (Lipinski definition) is 3. The maximum absolute atomic E-state index is 13.3. The van der Waals surface area contributed by atoms with Crippen LogP contribution in [0.15, 0.2) is 30.5 Å². The zero-order chi connectivity index (χ0) is 15.5. The Morgan fingerprint density at radius 3 is 2.82 bits per heavy atom. The molecule has 1 aliphatic carbocycles. The summed E-state index contributed by atoms with van der Waals surface area (Å²) in [4.78, 5) is 8.44. The van der Waals surface area contributed by atoms with Crippen LogP contribution in [0.5, 0.6) is 0 Å². The second-order valence-electron chi connectivity index (χ2n) is 5.96. The van der Waals surface area contributed by atoms with E-state index in [9.17, 15) is 8.78 Å². The number of halogens is 2. The minimum absolute atomic E-state index is 0.379. The molecule has 0 bridgehead atoms. The SMILES string of the molecule is Cc1nccc(NC2CCC(Cc3ccc(F)c(F)c3)C2)n1. The Kier molecular flexibility index (Phi) is 4.32. The molecule has 1 heterocycles. The van der Waals surface area contributed by atoms with Gasteiger partial charge in [-0.3, -0.25) is 0 Å². The van der Waals surface area contributed by atoms with E-state index in [1.54, 1.807) is 12.3 Å². The molecule has 1 saturated carbocycles. The second kappa shape index (κ2) is 6.38. The highest BCUT2D eigenvalue weighted by atomic mass is 19.2. The van der Waals surface area contributed by atoms with Gasteiger partial charge in [0.15, 0.2) is 11.6 Å². The zero-order valence-corrected chi connectivity index (χ0v) is 12.5. The Labute approximate surface area is 128 Å². The summed E-state index contributed by atoms with van der Waals surface area (Å²) in [5, 5.41) is 3.43. The van der Waals surface area contributed by atoms with Crippen molar-refractivity contribution in [3.8, 4) is 0 Å². The van der Waals surface area contributed by atoms with Gasteiger partial charge >= 0.3 is 0 Å². The predicted molar refractivity (Wildman–Crippen MR) is 81.6 cm³/mol. The number of aryl methyl sites for hydroxylation is 1. The number of hydrogen-bond donors (Lipinski definition) is 1. The molecule has 3 rings (SSSR count). The predicted octanol–water partition coefficient (Wildman–Crippen LogP) is 3.89. The van der Waals surface area contributed by atoms with E-state index in [0.29, 0.717) is 12.0 Å². The molecule has 22 heavy (non-hydrogen) atoms. The van der Waals surface area contributed by atoms with Crippen molar-refractivity contribution in [1.29, 1.82) is 0 Å². The topological polar surface area (TPSA) is 37.8 Å². The highest BCUT2D eigenvalue weighted by Crippen LogP contribution is 2.30. The van der Waals surface area contributed by atoms with Gasteiger partial charge in [0.2, 0.25) is 0 Å². The van der Waals surface area contributed by atoms with Gasteiger partial charge in [-0.1, -0.05) is 6.07 Å². The van der Waals surface area contributed by atoms with Gasteiger partial charge in [-0.25, -0.2) is 18.7 Å². The molecule has 1 aromatic carbocycles. The number of benzene rings is 1. The van der Waals surface area contributed by atoms with Gasteiger partial charge in [0, 0.05) is 12.2 Å². The van der Waals surface area contributed by atoms with Crippen LogP contribution in [0.4, 0.5) is 14.6 Å². The van der Waals surface area contributed by atoms with Crippen LogP contribution in [0, 0.1) is 24.5 Å². The molecular weight excluding hydrogens is 284 g/mol. The summed E-state index contributed by atoms with van der Waals surface area (Å²) in [7, 11) is 0. The fourth-order valence-corrected chi connectivity index (χ4v) is 3.14.